The molecule has 1 saturated carbocycles. The third kappa shape index (κ3) is 5.64. The third-order valence-electron chi connectivity index (χ3n) is 5.46. The largest absolute Gasteiger partial charge is 0.494 e. The molecule has 0 radical (unpaired) electrons. The van der Waals surface area contributed by atoms with Gasteiger partial charge in [-0.15, -0.1) is 0 Å². The summed E-state index contributed by atoms with van der Waals surface area (Å²) < 4.78 is 38.5. The Hall–Kier alpha value is -2.32. The van der Waals surface area contributed by atoms with Crippen LogP contribution in [0.1, 0.15) is 45.3 Å². The van der Waals surface area contributed by atoms with Crippen LogP contribution in [0, 0.1) is 5.92 Å². The van der Waals surface area contributed by atoms with E-state index in [0.29, 0.717) is 24.0 Å². The summed E-state index contributed by atoms with van der Waals surface area (Å²) in [6.07, 6.45) is 5.74. The molecule has 1 aromatic heterocycles. The topological polar surface area (TPSA) is 88.9 Å². The zero-order valence-electron chi connectivity index (χ0n) is 17.5. The van der Waals surface area contributed by atoms with Gasteiger partial charge in [0.25, 0.3) is 0 Å². The normalized spacial score (nSPS) is 19.6. The average molecular weight is 435 g/mol. The van der Waals surface area contributed by atoms with Crippen molar-refractivity contribution in [3.63, 3.8) is 0 Å². The van der Waals surface area contributed by atoms with Crippen LogP contribution in [-0.4, -0.2) is 37.8 Å². The molecule has 1 aliphatic carbocycles. The monoisotopic (exact) mass is 434 g/mol. The molecule has 1 amide bonds. The first-order chi connectivity index (χ1) is 14.4. The van der Waals surface area contributed by atoms with Crippen LogP contribution in [0.15, 0.2) is 52.0 Å². The highest BCUT2D eigenvalue weighted by atomic mass is 32.2. The highest BCUT2D eigenvalue weighted by Gasteiger charge is 2.30. The van der Waals surface area contributed by atoms with Crippen LogP contribution in [0.5, 0.6) is 5.75 Å². The number of nitrogens with one attached hydrogen (secondary N) is 1. The zero-order valence-corrected chi connectivity index (χ0v) is 18.4. The number of ether oxygens (including phenoxy) is 1. The standard InChI is InChI=1S/C22H30N2O5S/c1-3-28-18-10-12-20(13-11-18)30(26,27)24(15-19-8-6-14-29-19)16-22(25)23-21-9-5-4-7-17(21)2/h6,8,10-14,17,21H,3-5,7,9,15-16H2,1-2H3,(H,23,25)/t17-,21-/m0/s1. The fourth-order valence-corrected chi connectivity index (χ4v) is 5.13. The summed E-state index contributed by atoms with van der Waals surface area (Å²) in [4.78, 5) is 12.9. The Morgan fingerprint density at radius 2 is 1.93 bits per heavy atom. The molecule has 0 bridgehead atoms. The summed E-state index contributed by atoms with van der Waals surface area (Å²) in [5.74, 6) is 1.17. The lowest BCUT2D eigenvalue weighted by atomic mass is 9.86. The van der Waals surface area contributed by atoms with Crippen molar-refractivity contribution in [3.8, 4) is 5.75 Å². The summed E-state index contributed by atoms with van der Waals surface area (Å²) in [5.41, 5.74) is 0. The van der Waals surface area contributed by atoms with E-state index >= 15 is 0 Å². The molecule has 1 fully saturated rings. The van der Waals surface area contributed by atoms with Gasteiger partial charge in [-0.3, -0.25) is 4.79 Å². The van der Waals surface area contributed by atoms with Gasteiger partial charge in [-0.05, 0) is 62.1 Å². The maximum Gasteiger partial charge on any atom is 0.243 e. The second kappa shape index (κ2) is 10.1. The molecule has 3 rings (SSSR count). The molecular weight excluding hydrogens is 404 g/mol. The summed E-state index contributed by atoms with van der Waals surface area (Å²) in [5, 5.41) is 3.03. The number of amides is 1. The molecule has 1 N–H and O–H groups in total. The lowest BCUT2D eigenvalue weighted by Gasteiger charge is -2.30. The second-order valence-corrected chi connectivity index (χ2v) is 9.63. The zero-order chi connectivity index (χ0) is 21.6. The lowest BCUT2D eigenvalue weighted by molar-refractivity contribution is -0.122. The molecule has 7 nitrogen and oxygen atoms in total. The van der Waals surface area contributed by atoms with Gasteiger partial charge in [-0.25, -0.2) is 8.42 Å². The van der Waals surface area contributed by atoms with Gasteiger partial charge in [-0.2, -0.15) is 4.31 Å². The first-order valence-corrected chi connectivity index (χ1v) is 11.9. The SMILES string of the molecule is CCOc1ccc(S(=O)(=O)N(CC(=O)N[C@H]2CCCC[C@@H]2C)Cc2ccco2)cc1. The summed E-state index contributed by atoms with van der Waals surface area (Å²) >= 11 is 0. The van der Waals surface area contributed by atoms with Crippen LogP contribution < -0.4 is 10.1 Å². The Morgan fingerprint density at radius 1 is 1.20 bits per heavy atom. The van der Waals surface area contributed by atoms with Gasteiger partial charge in [-0.1, -0.05) is 19.8 Å². The van der Waals surface area contributed by atoms with E-state index < -0.39 is 10.0 Å². The van der Waals surface area contributed by atoms with E-state index in [1.165, 1.54) is 24.8 Å². The van der Waals surface area contributed by atoms with Crippen LogP contribution in [0.2, 0.25) is 0 Å². The number of carbonyl (C=O) groups is 1. The molecule has 30 heavy (non-hydrogen) atoms. The highest BCUT2D eigenvalue weighted by molar-refractivity contribution is 7.89. The van der Waals surface area contributed by atoms with Gasteiger partial charge in [0.1, 0.15) is 11.5 Å². The first-order valence-electron chi connectivity index (χ1n) is 10.4. The molecule has 1 aromatic carbocycles. The maximum atomic E-state index is 13.3. The number of hydrogen-bond acceptors (Lipinski definition) is 5. The number of hydrogen-bond donors (Lipinski definition) is 1. The van der Waals surface area contributed by atoms with Crippen molar-refractivity contribution in [2.75, 3.05) is 13.2 Å². The molecule has 0 saturated heterocycles. The van der Waals surface area contributed by atoms with Crippen LogP contribution in [0.25, 0.3) is 0 Å². The first kappa shape index (κ1) is 22.4. The molecule has 2 atom stereocenters. The Balaban J connectivity index is 1.77. The lowest BCUT2D eigenvalue weighted by Crippen LogP contribution is -2.46. The van der Waals surface area contributed by atoms with E-state index in [0.717, 1.165) is 23.6 Å². The van der Waals surface area contributed by atoms with Crippen molar-refractivity contribution in [1.29, 1.82) is 0 Å². The molecule has 0 spiro atoms. The molecule has 0 unspecified atom stereocenters. The maximum absolute atomic E-state index is 13.3. The molecule has 1 heterocycles. The number of furan rings is 1. The molecule has 0 aliphatic heterocycles. The Bertz CT molecular complexity index is 910. The summed E-state index contributed by atoms with van der Waals surface area (Å²) in [6.45, 7) is 4.20. The number of sulfonamides is 1. The predicted octanol–water partition coefficient (Wildman–Crippen LogP) is 3.56. The van der Waals surface area contributed by atoms with Crippen LogP contribution in [0.3, 0.4) is 0 Å². The van der Waals surface area contributed by atoms with Gasteiger partial charge >= 0.3 is 0 Å². The van der Waals surface area contributed by atoms with Gasteiger partial charge < -0.3 is 14.5 Å². The average Bonchev–Trinajstić information content (AvgIpc) is 3.23. The van der Waals surface area contributed by atoms with Crippen LogP contribution in [-0.2, 0) is 21.4 Å². The van der Waals surface area contributed by atoms with E-state index in [2.05, 4.69) is 12.2 Å². The minimum Gasteiger partial charge on any atom is -0.494 e. The fraction of sp³-hybridized carbons (Fsp3) is 0.500. The molecule has 1 aliphatic rings. The number of carbonyl (C=O) groups excluding carboxylic acids is 1. The van der Waals surface area contributed by atoms with Crippen LogP contribution >= 0.6 is 0 Å². The number of nitrogens with zero attached hydrogens (tertiary/aromatic N) is 1. The highest BCUT2D eigenvalue weighted by Crippen LogP contribution is 2.24. The molecular formula is C22H30N2O5S. The predicted molar refractivity (Wildman–Crippen MR) is 113 cm³/mol. The van der Waals surface area contributed by atoms with Gasteiger partial charge in [0.2, 0.25) is 15.9 Å². The van der Waals surface area contributed by atoms with Gasteiger partial charge in [0.15, 0.2) is 0 Å². The smallest absolute Gasteiger partial charge is 0.243 e. The molecule has 8 heteroatoms. The minimum atomic E-state index is -3.90. The van der Waals surface area contributed by atoms with Gasteiger partial charge in [0.05, 0.1) is 30.9 Å². The molecule has 2 aromatic rings. The Morgan fingerprint density at radius 3 is 2.57 bits per heavy atom. The van der Waals surface area contributed by atoms with E-state index in [-0.39, 0.29) is 29.9 Å². The van der Waals surface area contributed by atoms with Crippen molar-refractivity contribution in [2.24, 2.45) is 5.92 Å². The van der Waals surface area contributed by atoms with E-state index in [1.54, 1.807) is 24.3 Å². The van der Waals surface area contributed by atoms with Crippen molar-refractivity contribution < 1.29 is 22.4 Å². The third-order valence-corrected chi connectivity index (χ3v) is 7.27. The quantitative estimate of drug-likeness (QED) is 0.652. The van der Waals surface area contributed by atoms with E-state index in [1.807, 2.05) is 6.92 Å². The Kier molecular flexibility index (Phi) is 7.55. The fourth-order valence-electron chi connectivity index (χ4n) is 3.77. The number of benzene rings is 1. The Labute approximate surface area is 178 Å². The van der Waals surface area contributed by atoms with E-state index in [4.69, 9.17) is 9.15 Å². The van der Waals surface area contributed by atoms with E-state index in [9.17, 15) is 13.2 Å². The van der Waals surface area contributed by atoms with Crippen LogP contribution in [0.4, 0.5) is 0 Å². The van der Waals surface area contributed by atoms with Gasteiger partial charge in [0, 0.05) is 6.04 Å². The minimum absolute atomic E-state index is 0.0177. The van der Waals surface area contributed by atoms with Crippen molar-refractivity contribution in [2.45, 2.75) is 57.0 Å². The number of rotatable bonds is 9. The van der Waals surface area contributed by atoms with Crippen molar-refractivity contribution in [3.05, 3.63) is 48.4 Å². The summed E-state index contributed by atoms with van der Waals surface area (Å²) in [6, 6.07) is 9.71. The van der Waals surface area contributed by atoms with Crippen molar-refractivity contribution >= 4 is 15.9 Å². The molecule has 164 valence electrons. The second-order valence-electron chi connectivity index (χ2n) is 7.69. The summed E-state index contributed by atoms with van der Waals surface area (Å²) in [7, 11) is -3.90. The van der Waals surface area contributed by atoms with Crippen molar-refractivity contribution in [1.82, 2.24) is 9.62 Å².